The molecule has 0 aliphatic heterocycles. The van der Waals surface area contributed by atoms with Crippen LogP contribution >= 0.6 is 0 Å². The molecule has 1 aromatic rings. The third-order valence-electron chi connectivity index (χ3n) is 2.70. The number of hydrogen-bond acceptors (Lipinski definition) is 3. The molecule has 0 aliphatic rings. The quantitative estimate of drug-likeness (QED) is 0.812. The van der Waals surface area contributed by atoms with Crippen molar-refractivity contribution >= 4 is 21.6 Å². The molecule has 1 N–H and O–H groups in total. The molecule has 0 saturated carbocycles. The number of nitrogens with one attached hydrogen (secondary N) is 1. The lowest BCUT2D eigenvalue weighted by Gasteiger charge is -2.24. The first-order chi connectivity index (χ1) is 8.86. The third-order valence-corrected chi connectivity index (χ3v) is 3.67. The van der Waals surface area contributed by atoms with Gasteiger partial charge < -0.3 is 0 Å². The van der Waals surface area contributed by atoms with Crippen LogP contribution in [0.3, 0.4) is 0 Å². The topological polar surface area (TPSA) is 66.5 Å². The van der Waals surface area contributed by atoms with Crippen molar-refractivity contribution in [2.45, 2.75) is 26.7 Å². The van der Waals surface area contributed by atoms with E-state index in [0.717, 1.165) is 23.5 Å². The minimum Gasteiger partial charge on any atom is -0.273 e. The van der Waals surface area contributed by atoms with Crippen LogP contribution in [0.2, 0.25) is 0 Å². The van der Waals surface area contributed by atoms with Gasteiger partial charge in [0.15, 0.2) is 0 Å². The second-order valence-corrected chi connectivity index (χ2v) is 6.36. The number of carbonyl (C=O) groups excluding carboxylic acids is 1. The number of amides is 1. The van der Waals surface area contributed by atoms with Crippen molar-refractivity contribution in [3.63, 3.8) is 0 Å². The second kappa shape index (κ2) is 6.56. The Kier molecular flexibility index (Phi) is 5.35. The van der Waals surface area contributed by atoms with Crippen LogP contribution < -0.4 is 9.84 Å². The van der Waals surface area contributed by atoms with Crippen molar-refractivity contribution in [3.8, 4) is 0 Å². The van der Waals surface area contributed by atoms with E-state index in [-0.39, 0.29) is 11.8 Å². The number of hydrogen-bond donors (Lipinski definition) is 1. The number of sulfonamides is 1. The van der Waals surface area contributed by atoms with Gasteiger partial charge in [0.2, 0.25) is 15.9 Å². The Bertz CT molecular complexity index is 514. The Morgan fingerprint density at radius 2 is 1.89 bits per heavy atom. The molecule has 1 aromatic carbocycles. The lowest BCUT2D eigenvalue weighted by atomic mass is 10.1. The van der Waals surface area contributed by atoms with Gasteiger partial charge in [0, 0.05) is 5.92 Å². The Morgan fingerprint density at radius 3 is 2.37 bits per heavy atom. The van der Waals surface area contributed by atoms with E-state index in [0.29, 0.717) is 5.69 Å². The number of carbonyl (C=O) groups is 1. The predicted molar refractivity (Wildman–Crippen MR) is 76.0 cm³/mol. The van der Waals surface area contributed by atoms with Gasteiger partial charge in [0.25, 0.3) is 0 Å². The van der Waals surface area contributed by atoms with Crippen LogP contribution in [0.5, 0.6) is 0 Å². The Morgan fingerprint density at radius 1 is 1.32 bits per heavy atom. The SMILES string of the molecule is CCCC(C)C(=O)NN(c1ccccc1)S(C)(=O)=O. The molecular weight excluding hydrogens is 264 g/mol. The predicted octanol–water partition coefficient (Wildman–Crippen LogP) is 1.92. The highest BCUT2D eigenvalue weighted by molar-refractivity contribution is 7.92. The molecule has 0 saturated heterocycles. The van der Waals surface area contributed by atoms with E-state index in [9.17, 15) is 13.2 Å². The summed E-state index contributed by atoms with van der Waals surface area (Å²) in [4.78, 5) is 11.9. The average Bonchev–Trinajstić information content (AvgIpc) is 2.35. The average molecular weight is 284 g/mol. The maximum absolute atomic E-state index is 11.9. The summed E-state index contributed by atoms with van der Waals surface area (Å²) in [6.45, 7) is 3.76. The molecule has 0 aromatic heterocycles. The molecule has 19 heavy (non-hydrogen) atoms. The first-order valence-electron chi connectivity index (χ1n) is 6.22. The van der Waals surface area contributed by atoms with Crippen molar-refractivity contribution < 1.29 is 13.2 Å². The van der Waals surface area contributed by atoms with Crippen molar-refractivity contribution in [1.82, 2.24) is 5.43 Å². The molecule has 0 radical (unpaired) electrons. The highest BCUT2D eigenvalue weighted by Gasteiger charge is 2.22. The zero-order chi connectivity index (χ0) is 14.5. The Balaban J connectivity index is 2.93. The summed E-state index contributed by atoms with van der Waals surface area (Å²) < 4.78 is 24.4. The summed E-state index contributed by atoms with van der Waals surface area (Å²) in [7, 11) is -3.56. The fourth-order valence-corrected chi connectivity index (χ4v) is 2.44. The molecule has 6 heteroatoms. The molecule has 1 amide bonds. The largest absolute Gasteiger partial charge is 0.273 e. The molecule has 1 unspecified atom stereocenters. The van der Waals surface area contributed by atoms with Crippen molar-refractivity contribution in [2.75, 3.05) is 10.7 Å². The molecule has 0 spiro atoms. The Hall–Kier alpha value is -1.56. The van der Waals surface area contributed by atoms with Gasteiger partial charge in [-0.25, -0.2) is 8.42 Å². The first kappa shape index (κ1) is 15.5. The number of para-hydroxylation sites is 1. The summed E-state index contributed by atoms with van der Waals surface area (Å²) in [5.74, 6) is -0.519. The molecule has 0 bridgehead atoms. The highest BCUT2D eigenvalue weighted by Crippen LogP contribution is 2.15. The maximum atomic E-state index is 11.9. The summed E-state index contributed by atoms with van der Waals surface area (Å²) in [6, 6.07) is 8.48. The van der Waals surface area contributed by atoms with Crippen LogP contribution in [-0.4, -0.2) is 20.6 Å². The summed E-state index contributed by atoms with van der Waals surface area (Å²) in [6.07, 6.45) is 2.65. The van der Waals surface area contributed by atoms with Crippen molar-refractivity contribution in [3.05, 3.63) is 30.3 Å². The van der Waals surface area contributed by atoms with E-state index in [1.54, 1.807) is 37.3 Å². The standard InChI is InChI=1S/C13H20N2O3S/c1-4-8-11(2)13(16)14-15(19(3,17)18)12-9-6-5-7-10-12/h5-7,9-11H,4,8H2,1-3H3,(H,14,16). The van der Waals surface area contributed by atoms with Gasteiger partial charge in [-0.2, -0.15) is 4.41 Å². The van der Waals surface area contributed by atoms with E-state index < -0.39 is 10.0 Å². The number of hydrazine groups is 1. The molecule has 1 atom stereocenters. The summed E-state index contributed by atoms with van der Waals surface area (Å²) in [5, 5.41) is 0. The Labute approximate surface area is 114 Å². The zero-order valence-corrected chi connectivity index (χ0v) is 12.3. The molecule has 0 fully saturated rings. The van der Waals surface area contributed by atoms with Gasteiger partial charge in [-0.3, -0.25) is 10.2 Å². The summed E-state index contributed by atoms with van der Waals surface area (Å²) >= 11 is 0. The summed E-state index contributed by atoms with van der Waals surface area (Å²) in [5.41, 5.74) is 2.88. The fraction of sp³-hybridized carbons (Fsp3) is 0.462. The molecule has 1 rings (SSSR count). The normalized spacial score (nSPS) is 12.8. The van der Waals surface area contributed by atoms with Crippen LogP contribution in [0.15, 0.2) is 30.3 Å². The third kappa shape index (κ3) is 4.55. The number of anilines is 1. The van der Waals surface area contributed by atoms with Crippen LogP contribution in [0, 0.1) is 5.92 Å². The van der Waals surface area contributed by atoms with Gasteiger partial charge in [-0.15, -0.1) is 0 Å². The minimum absolute atomic E-state index is 0.224. The van der Waals surface area contributed by atoms with Crippen LogP contribution in [0.25, 0.3) is 0 Å². The van der Waals surface area contributed by atoms with Gasteiger partial charge in [0.1, 0.15) is 0 Å². The minimum atomic E-state index is -3.56. The van der Waals surface area contributed by atoms with Crippen molar-refractivity contribution in [2.24, 2.45) is 5.92 Å². The first-order valence-corrected chi connectivity index (χ1v) is 8.07. The maximum Gasteiger partial charge on any atom is 0.249 e. The fourth-order valence-electron chi connectivity index (χ4n) is 1.68. The van der Waals surface area contributed by atoms with E-state index in [4.69, 9.17) is 0 Å². The zero-order valence-electron chi connectivity index (χ0n) is 11.5. The molecule has 5 nitrogen and oxygen atoms in total. The molecule has 0 heterocycles. The van der Waals surface area contributed by atoms with Crippen LogP contribution in [-0.2, 0) is 14.8 Å². The molecular formula is C13H20N2O3S. The van der Waals surface area contributed by atoms with Gasteiger partial charge in [-0.05, 0) is 18.6 Å². The van der Waals surface area contributed by atoms with E-state index in [1.807, 2.05) is 6.92 Å². The number of benzene rings is 1. The van der Waals surface area contributed by atoms with Crippen molar-refractivity contribution in [1.29, 1.82) is 0 Å². The van der Waals surface area contributed by atoms with E-state index in [2.05, 4.69) is 5.43 Å². The smallest absolute Gasteiger partial charge is 0.249 e. The van der Waals surface area contributed by atoms with Gasteiger partial charge >= 0.3 is 0 Å². The van der Waals surface area contributed by atoms with E-state index >= 15 is 0 Å². The van der Waals surface area contributed by atoms with E-state index in [1.165, 1.54) is 0 Å². The van der Waals surface area contributed by atoms with Gasteiger partial charge in [-0.1, -0.05) is 38.5 Å². The molecule has 0 aliphatic carbocycles. The van der Waals surface area contributed by atoms with Crippen LogP contribution in [0.1, 0.15) is 26.7 Å². The van der Waals surface area contributed by atoms with Crippen LogP contribution in [0.4, 0.5) is 5.69 Å². The lowest BCUT2D eigenvalue weighted by Crippen LogP contribution is -2.47. The molecule has 106 valence electrons. The monoisotopic (exact) mass is 284 g/mol. The number of nitrogens with zero attached hydrogens (tertiary/aromatic N) is 1. The van der Waals surface area contributed by atoms with Gasteiger partial charge in [0.05, 0.1) is 11.9 Å². The second-order valence-electron chi connectivity index (χ2n) is 4.53. The lowest BCUT2D eigenvalue weighted by molar-refractivity contribution is -0.124. The highest BCUT2D eigenvalue weighted by atomic mass is 32.2. The number of rotatable bonds is 6.